The summed E-state index contributed by atoms with van der Waals surface area (Å²) in [5, 5.41) is 15.2. The molecule has 82 valence electrons. The smallest absolute Gasteiger partial charge is 0.228 e. The molecule has 1 aliphatic rings. The molecule has 0 bridgehead atoms. The molecular formula is C10H20N2O2. The average molecular weight is 200 g/mol. The van der Waals surface area contributed by atoms with Crippen LogP contribution in [-0.4, -0.2) is 36.8 Å². The van der Waals surface area contributed by atoms with Crippen LogP contribution in [0.15, 0.2) is 0 Å². The van der Waals surface area contributed by atoms with Crippen LogP contribution >= 0.6 is 0 Å². The zero-order valence-electron chi connectivity index (χ0n) is 8.97. The van der Waals surface area contributed by atoms with Gasteiger partial charge in [-0.15, -0.1) is 0 Å². The number of aliphatic hydroxyl groups is 1. The van der Waals surface area contributed by atoms with E-state index in [1.807, 2.05) is 0 Å². The van der Waals surface area contributed by atoms with Crippen molar-refractivity contribution in [3.63, 3.8) is 0 Å². The fourth-order valence-electron chi connectivity index (χ4n) is 1.42. The summed E-state index contributed by atoms with van der Waals surface area (Å²) in [4.78, 5) is 11.7. The highest BCUT2D eigenvalue weighted by molar-refractivity contribution is 5.82. The minimum atomic E-state index is -0.662. The summed E-state index contributed by atoms with van der Waals surface area (Å²) in [7, 11) is 0. The molecule has 3 N–H and O–H groups in total. The van der Waals surface area contributed by atoms with Crippen molar-refractivity contribution in [1.29, 1.82) is 0 Å². The van der Waals surface area contributed by atoms with Gasteiger partial charge in [-0.2, -0.15) is 0 Å². The molecule has 0 saturated carbocycles. The first-order valence-electron chi connectivity index (χ1n) is 5.19. The van der Waals surface area contributed by atoms with E-state index in [2.05, 4.69) is 10.6 Å². The molecule has 0 aromatic rings. The van der Waals surface area contributed by atoms with E-state index in [1.54, 1.807) is 13.8 Å². The van der Waals surface area contributed by atoms with Crippen molar-refractivity contribution in [2.24, 2.45) is 5.41 Å². The highest BCUT2D eigenvalue weighted by Crippen LogP contribution is 2.15. The van der Waals surface area contributed by atoms with Gasteiger partial charge in [0.25, 0.3) is 0 Å². The van der Waals surface area contributed by atoms with E-state index < -0.39 is 5.41 Å². The second-order valence-electron chi connectivity index (χ2n) is 4.54. The number of hydrogen-bond acceptors (Lipinski definition) is 3. The number of nitrogens with one attached hydrogen (secondary N) is 2. The Morgan fingerprint density at radius 2 is 2.07 bits per heavy atom. The fraction of sp³-hybridized carbons (Fsp3) is 0.900. The van der Waals surface area contributed by atoms with E-state index in [0.29, 0.717) is 0 Å². The summed E-state index contributed by atoms with van der Waals surface area (Å²) in [6.45, 7) is 5.33. The van der Waals surface area contributed by atoms with Gasteiger partial charge in [-0.25, -0.2) is 0 Å². The van der Waals surface area contributed by atoms with Crippen LogP contribution in [-0.2, 0) is 4.79 Å². The van der Waals surface area contributed by atoms with Crippen molar-refractivity contribution in [3.8, 4) is 0 Å². The molecule has 4 heteroatoms. The molecule has 1 rings (SSSR count). The first-order chi connectivity index (χ1) is 6.56. The molecule has 1 fully saturated rings. The van der Waals surface area contributed by atoms with Crippen LogP contribution in [0.4, 0.5) is 0 Å². The molecule has 1 saturated heterocycles. The van der Waals surface area contributed by atoms with Crippen LogP contribution in [0.25, 0.3) is 0 Å². The standard InChI is InChI=1S/C10H20N2O2/c1-10(2,7-13)9(14)12-8-3-5-11-6-4-8/h8,11,13H,3-7H2,1-2H3,(H,12,14). The Balaban J connectivity index is 2.39. The van der Waals surface area contributed by atoms with E-state index in [-0.39, 0.29) is 18.6 Å². The second kappa shape index (κ2) is 4.75. The Labute approximate surface area is 85.1 Å². The molecule has 1 aliphatic heterocycles. The van der Waals surface area contributed by atoms with Gasteiger partial charge in [0, 0.05) is 6.04 Å². The van der Waals surface area contributed by atoms with Crippen LogP contribution in [0.5, 0.6) is 0 Å². The fourth-order valence-corrected chi connectivity index (χ4v) is 1.42. The zero-order valence-corrected chi connectivity index (χ0v) is 8.97. The lowest BCUT2D eigenvalue weighted by Gasteiger charge is -2.28. The molecule has 14 heavy (non-hydrogen) atoms. The van der Waals surface area contributed by atoms with Gasteiger partial charge in [0.2, 0.25) is 5.91 Å². The molecule has 0 aromatic heterocycles. The summed E-state index contributed by atoms with van der Waals surface area (Å²) >= 11 is 0. The topological polar surface area (TPSA) is 61.4 Å². The molecule has 1 amide bonds. The Hall–Kier alpha value is -0.610. The van der Waals surface area contributed by atoms with E-state index in [1.165, 1.54) is 0 Å². The minimum Gasteiger partial charge on any atom is -0.395 e. The minimum absolute atomic E-state index is 0.0492. The number of piperidine rings is 1. The number of rotatable bonds is 3. The van der Waals surface area contributed by atoms with Crippen molar-refractivity contribution in [3.05, 3.63) is 0 Å². The average Bonchev–Trinajstić information content (AvgIpc) is 2.19. The second-order valence-corrected chi connectivity index (χ2v) is 4.54. The molecule has 0 unspecified atom stereocenters. The van der Waals surface area contributed by atoms with Gasteiger partial charge >= 0.3 is 0 Å². The van der Waals surface area contributed by atoms with Gasteiger partial charge in [-0.05, 0) is 39.8 Å². The zero-order chi connectivity index (χ0) is 10.6. The number of amides is 1. The molecular weight excluding hydrogens is 180 g/mol. The molecule has 4 nitrogen and oxygen atoms in total. The largest absolute Gasteiger partial charge is 0.395 e. The van der Waals surface area contributed by atoms with Crippen LogP contribution in [0.3, 0.4) is 0 Å². The summed E-state index contributed by atoms with van der Waals surface area (Å²) in [6, 6.07) is 0.273. The summed E-state index contributed by atoms with van der Waals surface area (Å²) in [6.07, 6.45) is 1.96. The van der Waals surface area contributed by atoms with E-state index >= 15 is 0 Å². The van der Waals surface area contributed by atoms with Crippen molar-refractivity contribution in [2.45, 2.75) is 32.7 Å². The van der Waals surface area contributed by atoms with Gasteiger partial charge < -0.3 is 15.7 Å². The molecule has 1 heterocycles. The van der Waals surface area contributed by atoms with Crippen LogP contribution in [0, 0.1) is 5.41 Å². The summed E-state index contributed by atoms with van der Waals surface area (Å²) in [5.41, 5.74) is -0.662. The van der Waals surface area contributed by atoms with Crippen molar-refractivity contribution >= 4 is 5.91 Å². The Bertz CT molecular complexity index is 198. The van der Waals surface area contributed by atoms with Gasteiger partial charge in [-0.1, -0.05) is 0 Å². The summed E-state index contributed by atoms with van der Waals surface area (Å²) in [5.74, 6) is -0.0492. The predicted molar refractivity (Wildman–Crippen MR) is 54.9 cm³/mol. The van der Waals surface area contributed by atoms with Crippen LogP contribution in [0.1, 0.15) is 26.7 Å². The maximum absolute atomic E-state index is 11.7. The van der Waals surface area contributed by atoms with E-state index in [0.717, 1.165) is 25.9 Å². The quantitative estimate of drug-likeness (QED) is 0.595. The predicted octanol–water partition coefficient (Wildman–Crippen LogP) is -0.127. The summed E-state index contributed by atoms with van der Waals surface area (Å²) < 4.78 is 0. The third kappa shape index (κ3) is 2.96. The molecule has 0 aromatic carbocycles. The number of carbonyl (C=O) groups excluding carboxylic acids is 1. The SMILES string of the molecule is CC(C)(CO)C(=O)NC1CCNCC1. The van der Waals surface area contributed by atoms with Gasteiger partial charge in [0.15, 0.2) is 0 Å². The normalized spacial score (nSPS) is 19.4. The number of carbonyl (C=O) groups is 1. The molecule has 0 spiro atoms. The monoisotopic (exact) mass is 200 g/mol. The Morgan fingerprint density at radius 3 is 2.57 bits per heavy atom. The lowest BCUT2D eigenvalue weighted by atomic mass is 9.92. The van der Waals surface area contributed by atoms with Crippen LogP contribution < -0.4 is 10.6 Å². The maximum Gasteiger partial charge on any atom is 0.228 e. The highest BCUT2D eigenvalue weighted by atomic mass is 16.3. The molecule has 0 aliphatic carbocycles. The van der Waals surface area contributed by atoms with E-state index in [9.17, 15) is 4.79 Å². The van der Waals surface area contributed by atoms with Crippen LogP contribution in [0.2, 0.25) is 0 Å². The molecule has 0 radical (unpaired) electrons. The third-order valence-corrected chi connectivity index (χ3v) is 2.68. The highest BCUT2D eigenvalue weighted by Gasteiger charge is 2.28. The Morgan fingerprint density at radius 1 is 1.50 bits per heavy atom. The Kier molecular flexibility index (Phi) is 3.89. The van der Waals surface area contributed by atoms with Crippen molar-refractivity contribution in [2.75, 3.05) is 19.7 Å². The van der Waals surface area contributed by atoms with Gasteiger partial charge in [0.05, 0.1) is 12.0 Å². The lowest BCUT2D eigenvalue weighted by molar-refractivity contribution is -0.132. The maximum atomic E-state index is 11.7. The van der Waals surface area contributed by atoms with Crippen molar-refractivity contribution in [1.82, 2.24) is 10.6 Å². The number of hydrogen-bond donors (Lipinski definition) is 3. The lowest BCUT2D eigenvalue weighted by Crippen LogP contribution is -2.48. The third-order valence-electron chi connectivity index (χ3n) is 2.68. The first kappa shape index (κ1) is 11.5. The van der Waals surface area contributed by atoms with E-state index in [4.69, 9.17) is 5.11 Å². The number of aliphatic hydroxyl groups excluding tert-OH is 1. The van der Waals surface area contributed by atoms with Gasteiger partial charge in [-0.3, -0.25) is 4.79 Å². The first-order valence-corrected chi connectivity index (χ1v) is 5.19. The van der Waals surface area contributed by atoms with Crippen molar-refractivity contribution < 1.29 is 9.90 Å². The van der Waals surface area contributed by atoms with Gasteiger partial charge in [0.1, 0.15) is 0 Å². The molecule has 0 atom stereocenters.